The Hall–Kier alpha value is -2.25. The van der Waals surface area contributed by atoms with Gasteiger partial charge in [-0.1, -0.05) is 32.0 Å². The van der Waals surface area contributed by atoms with Crippen molar-refractivity contribution in [2.75, 3.05) is 5.32 Å². The Labute approximate surface area is 149 Å². The van der Waals surface area contributed by atoms with Crippen LogP contribution < -0.4 is 5.32 Å². The molecule has 2 N–H and O–H groups in total. The molecule has 0 atom stereocenters. The Kier molecular flexibility index (Phi) is 4.92. The monoisotopic (exact) mass is 358 g/mol. The molecule has 2 heterocycles. The molecule has 3 aromatic rings. The van der Waals surface area contributed by atoms with E-state index in [-0.39, 0.29) is 12.5 Å². The number of hydrogen-bond donors (Lipinski definition) is 2. The maximum absolute atomic E-state index is 12.4. The highest BCUT2D eigenvalue weighted by atomic mass is 32.1. The summed E-state index contributed by atoms with van der Waals surface area (Å²) in [6.07, 6.45) is 0. The predicted molar refractivity (Wildman–Crippen MR) is 99.9 cm³/mol. The zero-order chi connectivity index (χ0) is 17.1. The average molecular weight is 358 g/mol. The SMILES string of the molecule is CC(C)c1ccc(NC(=O)Cn2c(-c3cccs3)n[nH]c2=S)cc1. The Balaban J connectivity index is 1.74. The highest BCUT2D eigenvalue weighted by Gasteiger charge is 2.13. The number of nitrogens with one attached hydrogen (secondary N) is 2. The molecule has 0 radical (unpaired) electrons. The van der Waals surface area contributed by atoms with Crippen LogP contribution in [0.1, 0.15) is 25.3 Å². The smallest absolute Gasteiger partial charge is 0.244 e. The van der Waals surface area contributed by atoms with Gasteiger partial charge in [0.1, 0.15) is 6.54 Å². The first-order valence-electron chi connectivity index (χ1n) is 7.63. The van der Waals surface area contributed by atoms with E-state index in [1.807, 2.05) is 41.8 Å². The third kappa shape index (κ3) is 3.63. The summed E-state index contributed by atoms with van der Waals surface area (Å²) in [4.78, 5) is 13.3. The van der Waals surface area contributed by atoms with Gasteiger partial charge in [-0.05, 0) is 47.3 Å². The van der Waals surface area contributed by atoms with E-state index in [4.69, 9.17) is 12.2 Å². The lowest BCUT2D eigenvalue weighted by Gasteiger charge is -2.09. The minimum Gasteiger partial charge on any atom is -0.325 e. The lowest BCUT2D eigenvalue weighted by molar-refractivity contribution is -0.116. The van der Waals surface area contributed by atoms with Gasteiger partial charge in [-0.2, -0.15) is 5.10 Å². The number of benzene rings is 1. The van der Waals surface area contributed by atoms with Crippen molar-refractivity contribution in [2.45, 2.75) is 26.3 Å². The second-order valence-electron chi connectivity index (χ2n) is 5.74. The summed E-state index contributed by atoms with van der Waals surface area (Å²) >= 11 is 6.80. The summed E-state index contributed by atoms with van der Waals surface area (Å²) < 4.78 is 2.14. The van der Waals surface area contributed by atoms with Crippen LogP contribution in [-0.4, -0.2) is 20.7 Å². The van der Waals surface area contributed by atoms with Crippen molar-refractivity contribution in [3.63, 3.8) is 0 Å². The summed E-state index contributed by atoms with van der Waals surface area (Å²) in [5.74, 6) is 1.01. The van der Waals surface area contributed by atoms with Gasteiger partial charge in [-0.25, -0.2) is 0 Å². The van der Waals surface area contributed by atoms with Crippen LogP contribution >= 0.6 is 23.6 Å². The molecule has 0 saturated heterocycles. The van der Waals surface area contributed by atoms with Gasteiger partial charge in [-0.3, -0.25) is 14.5 Å². The van der Waals surface area contributed by atoms with Crippen molar-refractivity contribution in [3.8, 4) is 10.7 Å². The number of amides is 1. The van der Waals surface area contributed by atoms with Gasteiger partial charge in [0.2, 0.25) is 5.91 Å². The topological polar surface area (TPSA) is 62.7 Å². The molecule has 1 amide bonds. The number of nitrogens with zero attached hydrogens (tertiary/aromatic N) is 2. The quantitative estimate of drug-likeness (QED) is 0.663. The lowest BCUT2D eigenvalue weighted by Crippen LogP contribution is -2.19. The number of hydrogen-bond acceptors (Lipinski definition) is 4. The lowest BCUT2D eigenvalue weighted by atomic mass is 10.0. The van der Waals surface area contributed by atoms with Crippen LogP contribution in [0.3, 0.4) is 0 Å². The maximum atomic E-state index is 12.4. The van der Waals surface area contributed by atoms with E-state index in [1.165, 1.54) is 5.56 Å². The van der Waals surface area contributed by atoms with Crippen molar-refractivity contribution < 1.29 is 4.79 Å². The van der Waals surface area contributed by atoms with Crippen LogP contribution in [0.5, 0.6) is 0 Å². The van der Waals surface area contributed by atoms with Gasteiger partial charge in [0.15, 0.2) is 10.6 Å². The Bertz CT molecular complexity index is 876. The van der Waals surface area contributed by atoms with Crippen LogP contribution in [0.2, 0.25) is 0 Å². The van der Waals surface area contributed by atoms with E-state index >= 15 is 0 Å². The number of carbonyl (C=O) groups is 1. The fourth-order valence-corrected chi connectivity index (χ4v) is 3.27. The fourth-order valence-electron chi connectivity index (χ4n) is 2.35. The van der Waals surface area contributed by atoms with E-state index < -0.39 is 0 Å². The molecule has 0 saturated carbocycles. The summed E-state index contributed by atoms with van der Waals surface area (Å²) in [7, 11) is 0. The van der Waals surface area contributed by atoms with E-state index in [1.54, 1.807) is 15.9 Å². The Morgan fingerprint density at radius 3 is 2.71 bits per heavy atom. The first-order valence-corrected chi connectivity index (χ1v) is 8.92. The standard InChI is InChI=1S/C17H18N4OS2/c1-11(2)12-5-7-13(8-6-12)18-15(22)10-21-16(19-20-17(21)23)14-4-3-9-24-14/h3-9,11H,10H2,1-2H3,(H,18,22)(H,20,23). The van der Waals surface area contributed by atoms with Crippen molar-refractivity contribution in [2.24, 2.45) is 0 Å². The van der Waals surface area contributed by atoms with Crippen LogP contribution in [0.25, 0.3) is 10.7 Å². The molecule has 5 nitrogen and oxygen atoms in total. The van der Waals surface area contributed by atoms with Crippen molar-refractivity contribution in [1.82, 2.24) is 14.8 Å². The van der Waals surface area contributed by atoms with Gasteiger partial charge in [0.05, 0.1) is 4.88 Å². The predicted octanol–water partition coefficient (Wildman–Crippen LogP) is 4.43. The van der Waals surface area contributed by atoms with Crippen LogP contribution in [0.15, 0.2) is 41.8 Å². The van der Waals surface area contributed by atoms with Crippen LogP contribution in [0.4, 0.5) is 5.69 Å². The van der Waals surface area contributed by atoms with E-state index in [0.717, 1.165) is 10.6 Å². The number of aromatic nitrogens is 3. The molecule has 24 heavy (non-hydrogen) atoms. The molecule has 7 heteroatoms. The van der Waals surface area contributed by atoms with Crippen molar-refractivity contribution in [1.29, 1.82) is 0 Å². The second kappa shape index (κ2) is 7.11. The molecule has 1 aromatic carbocycles. The number of anilines is 1. The molecule has 0 bridgehead atoms. The van der Waals surface area contributed by atoms with Gasteiger partial charge in [-0.15, -0.1) is 11.3 Å². The number of H-pyrrole nitrogens is 1. The second-order valence-corrected chi connectivity index (χ2v) is 7.08. The molecule has 0 unspecified atom stereocenters. The van der Waals surface area contributed by atoms with Gasteiger partial charge >= 0.3 is 0 Å². The molecule has 0 aliphatic carbocycles. The maximum Gasteiger partial charge on any atom is 0.244 e. The van der Waals surface area contributed by atoms with Crippen molar-refractivity contribution in [3.05, 3.63) is 52.1 Å². The largest absolute Gasteiger partial charge is 0.325 e. The van der Waals surface area contributed by atoms with Crippen LogP contribution in [0, 0.1) is 4.77 Å². The minimum atomic E-state index is -0.136. The fraction of sp³-hybridized carbons (Fsp3) is 0.235. The number of aromatic amines is 1. The van der Waals surface area contributed by atoms with Crippen LogP contribution in [-0.2, 0) is 11.3 Å². The van der Waals surface area contributed by atoms with Gasteiger partial charge in [0, 0.05) is 5.69 Å². The number of thiophene rings is 1. The van der Waals surface area contributed by atoms with Gasteiger partial charge in [0.25, 0.3) is 0 Å². The summed E-state index contributed by atoms with van der Waals surface area (Å²) in [6.45, 7) is 4.40. The normalized spacial score (nSPS) is 11.0. The molecule has 2 aromatic heterocycles. The Morgan fingerprint density at radius 1 is 1.33 bits per heavy atom. The molecular weight excluding hydrogens is 340 g/mol. The zero-order valence-electron chi connectivity index (χ0n) is 13.4. The van der Waals surface area contributed by atoms with E-state index in [2.05, 4.69) is 29.4 Å². The minimum absolute atomic E-state index is 0.120. The third-order valence-corrected chi connectivity index (χ3v) is 4.84. The zero-order valence-corrected chi connectivity index (χ0v) is 15.1. The highest BCUT2D eigenvalue weighted by Crippen LogP contribution is 2.23. The van der Waals surface area contributed by atoms with E-state index in [9.17, 15) is 4.79 Å². The first kappa shape index (κ1) is 16.6. The summed E-state index contributed by atoms with van der Waals surface area (Å²) in [5.41, 5.74) is 2.02. The summed E-state index contributed by atoms with van der Waals surface area (Å²) in [6, 6.07) is 11.8. The van der Waals surface area contributed by atoms with Crippen molar-refractivity contribution >= 4 is 35.1 Å². The molecule has 124 valence electrons. The summed E-state index contributed by atoms with van der Waals surface area (Å²) in [5, 5.41) is 11.9. The van der Waals surface area contributed by atoms with Gasteiger partial charge < -0.3 is 5.32 Å². The molecule has 3 rings (SSSR count). The number of rotatable bonds is 5. The Morgan fingerprint density at radius 2 is 2.08 bits per heavy atom. The highest BCUT2D eigenvalue weighted by molar-refractivity contribution is 7.71. The first-order chi connectivity index (χ1) is 11.5. The third-order valence-electron chi connectivity index (χ3n) is 3.66. The molecular formula is C17H18N4OS2. The molecule has 0 aliphatic rings. The number of carbonyl (C=O) groups excluding carboxylic acids is 1. The molecule has 0 spiro atoms. The molecule has 0 fully saturated rings. The molecule has 0 aliphatic heterocycles. The average Bonchev–Trinajstić information content (AvgIpc) is 3.19. The van der Waals surface area contributed by atoms with E-state index in [0.29, 0.717) is 16.5 Å².